The van der Waals surface area contributed by atoms with Gasteiger partial charge in [-0.1, -0.05) is 20.8 Å². The van der Waals surface area contributed by atoms with E-state index in [2.05, 4.69) is 31.7 Å². The topological polar surface area (TPSA) is 27.0 Å². The lowest BCUT2D eigenvalue weighted by molar-refractivity contribution is 0.0907. The van der Waals surface area contributed by atoms with Crippen LogP contribution in [0.15, 0.2) is 0 Å². The Morgan fingerprint density at radius 2 is 2.00 bits per heavy atom. The zero-order chi connectivity index (χ0) is 8.48. The Hall–Kier alpha value is -0.550. The minimum atomic E-state index is 0.303. The van der Waals surface area contributed by atoms with Crippen molar-refractivity contribution in [1.82, 2.24) is 4.90 Å². The highest BCUT2D eigenvalue weighted by molar-refractivity contribution is 4.95. The SMILES string of the molecule is CC(C)(C)CN1CC(C#N)C1. The summed E-state index contributed by atoms with van der Waals surface area (Å²) in [5.41, 5.74) is 0.375. The summed E-state index contributed by atoms with van der Waals surface area (Å²) in [6.45, 7) is 9.76. The van der Waals surface area contributed by atoms with Crippen LogP contribution in [0.25, 0.3) is 0 Å². The van der Waals surface area contributed by atoms with Crippen molar-refractivity contribution >= 4 is 0 Å². The van der Waals surface area contributed by atoms with Crippen LogP contribution in [0.2, 0.25) is 0 Å². The molecule has 0 aliphatic carbocycles. The van der Waals surface area contributed by atoms with Crippen molar-refractivity contribution in [2.45, 2.75) is 20.8 Å². The van der Waals surface area contributed by atoms with Crippen molar-refractivity contribution in [3.63, 3.8) is 0 Å². The zero-order valence-corrected chi connectivity index (χ0v) is 7.59. The van der Waals surface area contributed by atoms with Gasteiger partial charge in [0.2, 0.25) is 0 Å². The number of hydrogen-bond donors (Lipinski definition) is 0. The van der Waals surface area contributed by atoms with E-state index in [1.54, 1.807) is 0 Å². The molecule has 0 N–H and O–H groups in total. The van der Waals surface area contributed by atoms with Gasteiger partial charge in [0, 0.05) is 19.6 Å². The molecule has 0 aromatic heterocycles. The molecule has 1 aliphatic heterocycles. The van der Waals surface area contributed by atoms with E-state index >= 15 is 0 Å². The number of nitrogens with zero attached hydrogens (tertiary/aromatic N) is 2. The molecule has 0 saturated carbocycles. The van der Waals surface area contributed by atoms with Crippen molar-refractivity contribution in [3.8, 4) is 6.07 Å². The molecule has 0 aromatic carbocycles. The van der Waals surface area contributed by atoms with Gasteiger partial charge in [-0.3, -0.25) is 0 Å². The fourth-order valence-electron chi connectivity index (χ4n) is 1.45. The second-order valence-electron chi connectivity index (χ2n) is 4.58. The van der Waals surface area contributed by atoms with Gasteiger partial charge in [0.25, 0.3) is 0 Å². The quantitative estimate of drug-likeness (QED) is 0.569. The van der Waals surface area contributed by atoms with Crippen LogP contribution in [0.3, 0.4) is 0 Å². The minimum Gasteiger partial charge on any atom is -0.300 e. The van der Waals surface area contributed by atoms with E-state index in [0.717, 1.165) is 19.6 Å². The maximum absolute atomic E-state index is 8.53. The second-order valence-corrected chi connectivity index (χ2v) is 4.58. The fourth-order valence-corrected chi connectivity index (χ4v) is 1.45. The normalized spacial score (nSPS) is 20.9. The predicted molar refractivity (Wildman–Crippen MR) is 45.0 cm³/mol. The minimum absolute atomic E-state index is 0.303. The molecule has 0 unspecified atom stereocenters. The first-order chi connectivity index (χ1) is 5.01. The van der Waals surface area contributed by atoms with E-state index in [1.165, 1.54) is 0 Å². The van der Waals surface area contributed by atoms with E-state index in [-0.39, 0.29) is 0 Å². The van der Waals surface area contributed by atoms with Gasteiger partial charge >= 0.3 is 0 Å². The van der Waals surface area contributed by atoms with Gasteiger partial charge in [0.15, 0.2) is 0 Å². The lowest BCUT2D eigenvalue weighted by atomic mass is 9.92. The highest BCUT2D eigenvalue weighted by atomic mass is 15.2. The Morgan fingerprint density at radius 1 is 1.45 bits per heavy atom. The lowest BCUT2D eigenvalue weighted by Crippen LogP contribution is -2.49. The molecule has 62 valence electrons. The molecule has 1 fully saturated rings. The first-order valence-corrected chi connectivity index (χ1v) is 4.13. The zero-order valence-electron chi connectivity index (χ0n) is 7.59. The van der Waals surface area contributed by atoms with E-state index in [0.29, 0.717) is 11.3 Å². The Morgan fingerprint density at radius 3 is 2.36 bits per heavy atom. The first-order valence-electron chi connectivity index (χ1n) is 4.13. The van der Waals surface area contributed by atoms with Crippen molar-refractivity contribution in [3.05, 3.63) is 0 Å². The molecule has 0 atom stereocenters. The summed E-state index contributed by atoms with van der Waals surface area (Å²) >= 11 is 0. The van der Waals surface area contributed by atoms with Gasteiger partial charge in [0.1, 0.15) is 0 Å². The number of nitriles is 1. The summed E-state index contributed by atoms with van der Waals surface area (Å²) in [4.78, 5) is 2.34. The monoisotopic (exact) mass is 152 g/mol. The lowest BCUT2D eigenvalue weighted by Gasteiger charge is -2.39. The van der Waals surface area contributed by atoms with Gasteiger partial charge in [-0.05, 0) is 5.41 Å². The van der Waals surface area contributed by atoms with Crippen LogP contribution in [0, 0.1) is 22.7 Å². The predicted octanol–water partition coefficient (Wildman–Crippen LogP) is 1.49. The fraction of sp³-hybridized carbons (Fsp3) is 0.889. The summed E-state index contributed by atoms with van der Waals surface area (Å²) in [6, 6.07) is 2.28. The van der Waals surface area contributed by atoms with Gasteiger partial charge < -0.3 is 4.90 Å². The van der Waals surface area contributed by atoms with Crippen LogP contribution < -0.4 is 0 Å². The third kappa shape index (κ3) is 2.51. The summed E-state index contributed by atoms with van der Waals surface area (Å²) in [6.07, 6.45) is 0. The van der Waals surface area contributed by atoms with E-state index < -0.39 is 0 Å². The molecule has 0 radical (unpaired) electrons. The van der Waals surface area contributed by atoms with Crippen LogP contribution in [0.1, 0.15) is 20.8 Å². The molecule has 1 rings (SSSR count). The molecule has 1 saturated heterocycles. The van der Waals surface area contributed by atoms with Crippen LogP contribution in [-0.2, 0) is 0 Å². The largest absolute Gasteiger partial charge is 0.300 e. The Kier molecular flexibility index (Phi) is 2.20. The number of hydrogen-bond acceptors (Lipinski definition) is 2. The van der Waals surface area contributed by atoms with Crippen LogP contribution in [0.5, 0.6) is 0 Å². The number of likely N-dealkylation sites (tertiary alicyclic amines) is 1. The molecule has 2 heteroatoms. The second kappa shape index (κ2) is 2.83. The molecule has 11 heavy (non-hydrogen) atoms. The molecule has 0 amide bonds. The molecular weight excluding hydrogens is 136 g/mol. The molecule has 2 nitrogen and oxygen atoms in total. The summed E-state index contributed by atoms with van der Waals surface area (Å²) in [5, 5.41) is 8.53. The van der Waals surface area contributed by atoms with Gasteiger partial charge in [-0.2, -0.15) is 5.26 Å². The molecular formula is C9H16N2. The van der Waals surface area contributed by atoms with Gasteiger partial charge in [-0.15, -0.1) is 0 Å². The van der Waals surface area contributed by atoms with Crippen molar-refractivity contribution < 1.29 is 0 Å². The summed E-state index contributed by atoms with van der Waals surface area (Å²) in [7, 11) is 0. The van der Waals surface area contributed by atoms with Gasteiger partial charge in [-0.25, -0.2) is 0 Å². The van der Waals surface area contributed by atoms with Crippen molar-refractivity contribution in [1.29, 1.82) is 5.26 Å². The number of rotatable bonds is 1. The highest BCUT2D eigenvalue weighted by Crippen LogP contribution is 2.21. The average Bonchev–Trinajstić information content (AvgIpc) is 1.75. The van der Waals surface area contributed by atoms with Crippen LogP contribution in [0.4, 0.5) is 0 Å². The Labute approximate surface area is 68.8 Å². The molecule has 0 spiro atoms. The Bertz CT molecular complexity index is 167. The summed E-state index contributed by atoms with van der Waals surface area (Å²) in [5.74, 6) is 0.303. The van der Waals surface area contributed by atoms with Gasteiger partial charge in [0.05, 0.1) is 12.0 Å². The van der Waals surface area contributed by atoms with E-state index in [4.69, 9.17) is 5.26 Å². The third-order valence-electron chi connectivity index (χ3n) is 1.84. The third-order valence-corrected chi connectivity index (χ3v) is 1.84. The standard InChI is InChI=1S/C9H16N2/c1-9(2,3)7-11-5-8(4-10)6-11/h8H,5-7H2,1-3H3. The first kappa shape index (κ1) is 8.55. The summed E-state index contributed by atoms with van der Waals surface area (Å²) < 4.78 is 0. The Balaban J connectivity index is 2.20. The van der Waals surface area contributed by atoms with Crippen molar-refractivity contribution in [2.75, 3.05) is 19.6 Å². The van der Waals surface area contributed by atoms with Crippen LogP contribution in [-0.4, -0.2) is 24.5 Å². The molecule has 0 bridgehead atoms. The van der Waals surface area contributed by atoms with E-state index in [9.17, 15) is 0 Å². The molecule has 1 heterocycles. The maximum Gasteiger partial charge on any atom is 0.0717 e. The van der Waals surface area contributed by atoms with Crippen LogP contribution >= 0.6 is 0 Å². The maximum atomic E-state index is 8.53. The average molecular weight is 152 g/mol. The van der Waals surface area contributed by atoms with E-state index in [1.807, 2.05) is 0 Å². The highest BCUT2D eigenvalue weighted by Gasteiger charge is 2.29. The molecule has 0 aromatic rings. The molecule has 1 aliphatic rings. The van der Waals surface area contributed by atoms with Crippen molar-refractivity contribution in [2.24, 2.45) is 11.3 Å². The smallest absolute Gasteiger partial charge is 0.0717 e.